The second-order valence-corrected chi connectivity index (χ2v) is 5.97. The lowest BCUT2D eigenvalue weighted by atomic mass is 9.74. The second-order valence-electron chi connectivity index (χ2n) is 5.97. The molecule has 0 atom stereocenters. The Morgan fingerprint density at radius 1 is 1.21 bits per heavy atom. The summed E-state index contributed by atoms with van der Waals surface area (Å²) in [6, 6.07) is 8.16. The maximum Gasteiger partial charge on any atom is 0.310 e. The van der Waals surface area contributed by atoms with Crippen LogP contribution in [0.3, 0.4) is 0 Å². The molecule has 3 heteroatoms. The summed E-state index contributed by atoms with van der Waals surface area (Å²) in [7, 11) is 0. The number of rotatable bonds is 3. The molecule has 3 rings (SSSR count). The van der Waals surface area contributed by atoms with Crippen LogP contribution < -0.4 is 0 Å². The van der Waals surface area contributed by atoms with Crippen molar-refractivity contribution in [2.45, 2.75) is 32.1 Å². The van der Waals surface area contributed by atoms with Crippen molar-refractivity contribution in [3.8, 4) is 0 Å². The number of benzene rings is 1. The lowest BCUT2D eigenvalue weighted by Gasteiger charge is -2.31. The van der Waals surface area contributed by atoms with E-state index >= 15 is 0 Å². The summed E-state index contributed by atoms with van der Waals surface area (Å²) in [5.41, 5.74) is 1.86. The van der Waals surface area contributed by atoms with Gasteiger partial charge in [-0.3, -0.25) is 4.79 Å². The van der Waals surface area contributed by atoms with Crippen molar-refractivity contribution < 1.29 is 14.6 Å². The molecular formula is C16H20O3. The van der Waals surface area contributed by atoms with E-state index < -0.39 is 11.4 Å². The van der Waals surface area contributed by atoms with Gasteiger partial charge >= 0.3 is 5.97 Å². The van der Waals surface area contributed by atoms with E-state index in [1.165, 1.54) is 11.1 Å². The number of fused-ring (bicyclic) bond motifs is 1. The number of hydrogen-bond donors (Lipinski definition) is 1. The van der Waals surface area contributed by atoms with Crippen molar-refractivity contribution in [2.75, 3.05) is 13.2 Å². The zero-order chi connectivity index (χ0) is 13.3. The van der Waals surface area contributed by atoms with E-state index in [0.29, 0.717) is 18.8 Å². The summed E-state index contributed by atoms with van der Waals surface area (Å²) >= 11 is 0. The molecule has 1 aromatic carbocycles. The van der Waals surface area contributed by atoms with Crippen LogP contribution in [0, 0.1) is 11.3 Å². The van der Waals surface area contributed by atoms with Gasteiger partial charge in [-0.1, -0.05) is 24.3 Å². The van der Waals surface area contributed by atoms with Gasteiger partial charge < -0.3 is 9.84 Å². The quantitative estimate of drug-likeness (QED) is 0.909. The van der Waals surface area contributed by atoms with Crippen molar-refractivity contribution in [1.29, 1.82) is 0 Å². The summed E-state index contributed by atoms with van der Waals surface area (Å²) in [5, 5.41) is 9.74. The highest BCUT2D eigenvalue weighted by Crippen LogP contribution is 2.43. The Hall–Kier alpha value is -1.35. The first kappa shape index (κ1) is 12.7. The van der Waals surface area contributed by atoms with Gasteiger partial charge in [-0.2, -0.15) is 0 Å². The largest absolute Gasteiger partial charge is 0.481 e. The molecule has 19 heavy (non-hydrogen) atoms. The molecule has 0 unspecified atom stereocenters. The van der Waals surface area contributed by atoms with Crippen molar-refractivity contribution in [2.24, 2.45) is 11.3 Å². The summed E-state index contributed by atoms with van der Waals surface area (Å²) < 4.78 is 5.37. The summed E-state index contributed by atoms with van der Waals surface area (Å²) in [6.45, 7) is 1.57. The van der Waals surface area contributed by atoms with E-state index in [0.717, 1.165) is 32.5 Å². The summed E-state index contributed by atoms with van der Waals surface area (Å²) in [5.74, 6) is -0.130. The van der Waals surface area contributed by atoms with Crippen LogP contribution in [-0.2, 0) is 22.4 Å². The highest BCUT2D eigenvalue weighted by molar-refractivity contribution is 5.77. The van der Waals surface area contributed by atoms with Gasteiger partial charge in [0, 0.05) is 13.2 Å². The zero-order valence-electron chi connectivity index (χ0n) is 11.1. The lowest BCUT2D eigenvalue weighted by Crippen LogP contribution is -2.35. The van der Waals surface area contributed by atoms with Crippen molar-refractivity contribution in [1.82, 2.24) is 0 Å². The smallest absolute Gasteiger partial charge is 0.310 e. The fourth-order valence-corrected chi connectivity index (χ4v) is 3.58. The summed E-state index contributed by atoms with van der Waals surface area (Å²) in [6.07, 6.45) is 4.18. The third-order valence-corrected chi connectivity index (χ3v) is 4.65. The van der Waals surface area contributed by atoms with Gasteiger partial charge in [-0.05, 0) is 49.1 Å². The average Bonchev–Trinajstić information content (AvgIpc) is 2.79. The number of carboxylic acid groups (broad SMARTS) is 1. The first-order valence-electron chi connectivity index (χ1n) is 7.07. The Labute approximate surface area is 113 Å². The number of aliphatic carboxylic acids is 1. The van der Waals surface area contributed by atoms with E-state index in [1.54, 1.807) is 0 Å². The molecule has 1 N–H and O–H groups in total. The fraction of sp³-hybridized carbons (Fsp3) is 0.562. The molecule has 0 bridgehead atoms. The van der Waals surface area contributed by atoms with Crippen molar-refractivity contribution in [3.05, 3.63) is 35.4 Å². The van der Waals surface area contributed by atoms with Crippen LogP contribution in [0.5, 0.6) is 0 Å². The van der Waals surface area contributed by atoms with E-state index in [2.05, 4.69) is 12.1 Å². The van der Waals surface area contributed by atoms with E-state index in [9.17, 15) is 9.90 Å². The Kier molecular flexibility index (Phi) is 3.31. The molecule has 0 aromatic heterocycles. The van der Waals surface area contributed by atoms with E-state index in [-0.39, 0.29) is 0 Å². The first-order valence-corrected chi connectivity index (χ1v) is 7.07. The first-order chi connectivity index (χ1) is 9.20. The molecule has 102 valence electrons. The van der Waals surface area contributed by atoms with Gasteiger partial charge in [0.2, 0.25) is 0 Å². The highest BCUT2D eigenvalue weighted by Gasteiger charge is 2.45. The monoisotopic (exact) mass is 260 g/mol. The highest BCUT2D eigenvalue weighted by atomic mass is 16.5. The minimum Gasteiger partial charge on any atom is -0.481 e. The standard InChI is InChI=1S/C16H20O3/c17-15(18)16(9-12-5-7-19-8-6-12)10-13-3-1-2-4-14(13)11-16/h1-4,12H,5-11H2,(H,17,18). The van der Waals surface area contributed by atoms with Gasteiger partial charge in [0.25, 0.3) is 0 Å². The SMILES string of the molecule is O=C(O)C1(CC2CCOCC2)Cc2ccccc2C1. The fourth-order valence-electron chi connectivity index (χ4n) is 3.58. The third kappa shape index (κ3) is 2.39. The molecule has 3 nitrogen and oxygen atoms in total. The molecule has 1 heterocycles. The number of hydrogen-bond acceptors (Lipinski definition) is 2. The van der Waals surface area contributed by atoms with Crippen LogP contribution in [0.1, 0.15) is 30.4 Å². The lowest BCUT2D eigenvalue weighted by molar-refractivity contribution is -0.150. The molecule has 0 spiro atoms. The van der Waals surface area contributed by atoms with Crippen LogP contribution in [0.2, 0.25) is 0 Å². The number of ether oxygens (including phenoxy) is 1. The normalized spacial score (nSPS) is 22.1. The molecular weight excluding hydrogens is 240 g/mol. The molecule has 1 aromatic rings. The number of carbonyl (C=O) groups is 1. The van der Waals surface area contributed by atoms with Crippen LogP contribution in [0.25, 0.3) is 0 Å². The molecule has 0 amide bonds. The van der Waals surface area contributed by atoms with Crippen LogP contribution in [0.4, 0.5) is 0 Å². The van der Waals surface area contributed by atoms with Gasteiger partial charge in [-0.25, -0.2) is 0 Å². The van der Waals surface area contributed by atoms with E-state index in [1.807, 2.05) is 12.1 Å². The van der Waals surface area contributed by atoms with Crippen molar-refractivity contribution in [3.63, 3.8) is 0 Å². The Morgan fingerprint density at radius 2 is 1.79 bits per heavy atom. The molecule has 1 aliphatic heterocycles. The molecule has 0 saturated carbocycles. The van der Waals surface area contributed by atoms with Crippen LogP contribution in [-0.4, -0.2) is 24.3 Å². The molecule has 2 aliphatic rings. The second kappa shape index (κ2) is 4.97. The molecule has 1 saturated heterocycles. The van der Waals surface area contributed by atoms with Gasteiger partial charge in [-0.15, -0.1) is 0 Å². The van der Waals surface area contributed by atoms with Gasteiger partial charge in [0.15, 0.2) is 0 Å². The van der Waals surface area contributed by atoms with Gasteiger partial charge in [0.05, 0.1) is 5.41 Å². The Morgan fingerprint density at radius 3 is 2.32 bits per heavy atom. The Bertz CT molecular complexity index is 450. The maximum atomic E-state index is 11.8. The Balaban J connectivity index is 1.80. The van der Waals surface area contributed by atoms with Crippen molar-refractivity contribution >= 4 is 5.97 Å². The topological polar surface area (TPSA) is 46.5 Å². The van der Waals surface area contributed by atoms with Gasteiger partial charge in [0.1, 0.15) is 0 Å². The molecule has 1 aliphatic carbocycles. The third-order valence-electron chi connectivity index (χ3n) is 4.65. The molecule has 0 radical (unpaired) electrons. The zero-order valence-corrected chi connectivity index (χ0v) is 11.1. The minimum absolute atomic E-state index is 0.499. The average molecular weight is 260 g/mol. The number of carboxylic acids is 1. The predicted octanol–water partition coefficient (Wildman–Crippen LogP) is 2.67. The van der Waals surface area contributed by atoms with Crippen LogP contribution in [0.15, 0.2) is 24.3 Å². The molecule has 1 fully saturated rings. The van der Waals surface area contributed by atoms with E-state index in [4.69, 9.17) is 4.74 Å². The summed E-state index contributed by atoms with van der Waals surface area (Å²) in [4.78, 5) is 11.8. The maximum absolute atomic E-state index is 11.8. The minimum atomic E-state index is -0.629. The predicted molar refractivity (Wildman–Crippen MR) is 72.1 cm³/mol. The van der Waals surface area contributed by atoms with Crippen LogP contribution >= 0.6 is 0 Å².